The summed E-state index contributed by atoms with van der Waals surface area (Å²) in [6.07, 6.45) is 2.78. The first-order chi connectivity index (χ1) is 11.1. The van der Waals surface area contributed by atoms with Crippen molar-refractivity contribution in [3.8, 4) is 5.75 Å². The normalized spacial score (nSPS) is 16.3. The molecule has 1 aromatic rings. The molecule has 0 aliphatic carbocycles. The van der Waals surface area contributed by atoms with Crippen molar-refractivity contribution in [2.75, 3.05) is 32.8 Å². The molecule has 0 spiro atoms. The maximum absolute atomic E-state index is 11.7. The molecule has 1 fully saturated rings. The van der Waals surface area contributed by atoms with Gasteiger partial charge in [0.25, 0.3) is 0 Å². The largest absolute Gasteiger partial charge is 0.494 e. The Morgan fingerprint density at radius 3 is 2.74 bits per heavy atom. The van der Waals surface area contributed by atoms with E-state index >= 15 is 0 Å². The van der Waals surface area contributed by atoms with Gasteiger partial charge in [0.05, 0.1) is 19.1 Å². The van der Waals surface area contributed by atoms with Gasteiger partial charge in [0, 0.05) is 11.6 Å². The quantitative estimate of drug-likeness (QED) is 0.561. The summed E-state index contributed by atoms with van der Waals surface area (Å²) in [4.78, 5) is 14.1. The second-order valence-electron chi connectivity index (χ2n) is 5.98. The number of halogens is 1. The number of esters is 1. The highest BCUT2D eigenvalue weighted by atomic mass is 35.5. The SMILES string of the molecule is CCOC(=O)C1CCN(CCCOc2ccc(Cl)c(C)c2)CC1. The molecule has 128 valence electrons. The predicted octanol–water partition coefficient (Wildman–Crippen LogP) is 3.69. The van der Waals surface area contributed by atoms with Gasteiger partial charge >= 0.3 is 5.97 Å². The van der Waals surface area contributed by atoms with Gasteiger partial charge in [0.2, 0.25) is 0 Å². The monoisotopic (exact) mass is 339 g/mol. The minimum Gasteiger partial charge on any atom is -0.494 e. The first kappa shape index (κ1) is 18.1. The van der Waals surface area contributed by atoms with Crippen LogP contribution in [0.15, 0.2) is 18.2 Å². The van der Waals surface area contributed by atoms with E-state index in [4.69, 9.17) is 21.1 Å². The van der Waals surface area contributed by atoms with Crippen LogP contribution in [0, 0.1) is 12.8 Å². The molecule has 1 saturated heterocycles. The van der Waals surface area contributed by atoms with E-state index in [1.165, 1.54) is 0 Å². The summed E-state index contributed by atoms with van der Waals surface area (Å²) in [5.41, 5.74) is 1.03. The lowest BCUT2D eigenvalue weighted by Gasteiger charge is -2.30. The van der Waals surface area contributed by atoms with Crippen LogP contribution in [0.2, 0.25) is 5.02 Å². The maximum Gasteiger partial charge on any atom is 0.309 e. The molecule has 0 unspecified atom stereocenters. The molecule has 0 bridgehead atoms. The second kappa shape index (κ2) is 9.14. The molecule has 1 aromatic carbocycles. The highest BCUT2D eigenvalue weighted by molar-refractivity contribution is 6.31. The third-order valence-electron chi connectivity index (χ3n) is 4.22. The van der Waals surface area contributed by atoms with Crippen molar-refractivity contribution < 1.29 is 14.3 Å². The lowest BCUT2D eigenvalue weighted by molar-refractivity contribution is -0.149. The van der Waals surface area contributed by atoms with Crippen LogP contribution >= 0.6 is 11.6 Å². The number of aryl methyl sites for hydroxylation is 1. The van der Waals surface area contributed by atoms with Gasteiger partial charge in [-0.3, -0.25) is 4.79 Å². The fraction of sp³-hybridized carbons (Fsp3) is 0.611. The molecule has 0 N–H and O–H groups in total. The van der Waals surface area contributed by atoms with Crippen LogP contribution in [0.4, 0.5) is 0 Å². The second-order valence-corrected chi connectivity index (χ2v) is 6.39. The van der Waals surface area contributed by atoms with Gasteiger partial charge in [-0.1, -0.05) is 11.6 Å². The summed E-state index contributed by atoms with van der Waals surface area (Å²) in [7, 11) is 0. The number of likely N-dealkylation sites (tertiary alicyclic amines) is 1. The molecule has 0 atom stereocenters. The topological polar surface area (TPSA) is 38.8 Å². The summed E-state index contributed by atoms with van der Waals surface area (Å²) in [6, 6.07) is 5.74. The lowest BCUT2D eigenvalue weighted by atomic mass is 9.97. The molecule has 1 aliphatic heterocycles. The minimum absolute atomic E-state index is 0.0337. The Morgan fingerprint density at radius 2 is 2.09 bits per heavy atom. The van der Waals surface area contributed by atoms with Crippen molar-refractivity contribution in [1.82, 2.24) is 4.90 Å². The van der Waals surface area contributed by atoms with Gasteiger partial charge in [-0.05, 0) is 70.0 Å². The Labute approximate surface area is 143 Å². The number of nitrogens with zero attached hydrogens (tertiary/aromatic N) is 1. The Bertz CT molecular complexity index is 513. The Hall–Kier alpha value is -1.26. The van der Waals surface area contributed by atoms with Gasteiger partial charge in [-0.25, -0.2) is 0 Å². The van der Waals surface area contributed by atoms with Gasteiger partial charge in [-0.15, -0.1) is 0 Å². The molecule has 0 aromatic heterocycles. The van der Waals surface area contributed by atoms with E-state index in [-0.39, 0.29) is 11.9 Å². The molecule has 2 rings (SSSR count). The van der Waals surface area contributed by atoms with E-state index in [0.717, 1.165) is 55.2 Å². The summed E-state index contributed by atoms with van der Waals surface area (Å²) in [5.74, 6) is 0.918. The first-order valence-electron chi connectivity index (χ1n) is 8.38. The summed E-state index contributed by atoms with van der Waals surface area (Å²) >= 11 is 6.00. The van der Waals surface area contributed by atoms with Crippen LogP contribution in [0.3, 0.4) is 0 Å². The van der Waals surface area contributed by atoms with Crippen LogP contribution < -0.4 is 4.74 Å². The number of carbonyl (C=O) groups excluding carboxylic acids is 1. The van der Waals surface area contributed by atoms with E-state index in [2.05, 4.69) is 4.90 Å². The zero-order chi connectivity index (χ0) is 16.7. The molecule has 0 radical (unpaired) electrons. The average Bonchev–Trinajstić information content (AvgIpc) is 2.55. The van der Waals surface area contributed by atoms with Gasteiger partial charge < -0.3 is 14.4 Å². The molecule has 1 heterocycles. The van der Waals surface area contributed by atoms with Crippen LogP contribution in [0.5, 0.6) is 5.75 Å². The van der Waals surface area contributed by atoms with Crippen LogP contribution in [-0.2, 0) is 9.53 Å². The van der Waals surface area contributed by atoms with E-state index in [0.29, 0.717) is 13.2 Å². The van der Waals surface area contributed by atoms with Crippen LogP contribution in [-0.4, -0.2) is 43.7 Å². The number of carbonyl (C=O) groups is 1. The summed E-state index contributed by atoms with van der Waals surface area (Å²) in [6.45, 7) is 7.92. The number of ether oxygens (including phenoxy) is 2. The lowest BCUT2D eigenvalue weighted by Crippen LogP contribution is -2.37. The molecule has 1 aliphatic rings. The molecule has 23 heavy (non-hydrogen) atoms. The summed E-state index contributed by atoms with van der Waals surface area (Å²) in [5, 5.41) is 0.766. The van der Waals surface area contributed by atoms with Crippen molar-refractivity contribution in [2.45, 2.75) is 33.1 Å². The third kappa shape index (κ3) is 5.70. The molecular formula is C18H26ClNO3. The smallest absolute Gasteiger partial charge is 0.309 e. The van der Waals surface area contributed by atoms with Gasteiger partial charge in [0.15, 0.2) is 0 Å². The predicted molar refractivity (Wildman–Crippen MR) is 92.1 cm³/mol. The Morgan fingerprint density at radius 1 is 1.35 bits per heavy atom. The number of rotatable bonds is 7. The van der Waals surface area contributed by atoms with Gasteiger partial charge in [-0.2, -0.15) is 0 Å². The van der Waals surface area contributed by atoms with E-state index < -0.39 is 0 Å². The molecular weight excluding hydrogens is 314 g/mol. The number of piperidine rings is 1. The Balaban J connectivity index is 1.62. The van der Waals surface area contributed by atoms with E-state index in [1.54, 1.807) is 0 Å². The Kier molecular flexibility index (Phi) is 7.18. The van der Waals surface area contributed by atoms with Crippen molar-refractivity contribution in [1.29, 1.82) is 0 Å². The van der Waals surface area contributed by atoms with E-state index in [9.17, 15) is 4.79 Å². The molecule has 0 amide bonds. The highest BCUT2D eigenvalue weighted by Gasteiger charge is 2.25. The highest BCUT2D eigenvalue weighted by Crippen LogP contribution is 2.21. The first-order valence-corrected chi connectivity index (χ1v) is 8.76. The van der Waals surface area contributed by atoms with E-state index in [1.807, 2.05) is 32.0 Å². The number of hydrogen-bond donors (Lipinski definition) is 0. The average molecular weight is 340 g/mol. The van der Waals surface area contributed by atoms with Crippen molar-refractivity contribution in [2.24, 2.45) is 5.92 Å². The zero-order valence-corrected chi connectivity index (χ0v) is 14.8. The maximum atomic E-state index is 11.7. The fourth-order valence-electron chi connectivity index (χ4n) is 2.84. The molecule has 4 nitrogen and oxygen atoms in total. The minimum atomic E-state index is -0.0337. The van der Waals surface area contributed by atoms with Crippen molar-refractivity contribution >= 4 is 17.6 Å². The number of hydrogen-bond acceptors (Lipinski definition) is 4. The van der Waals surface area contributed by atoms with Gasteiger partial charge in [0.1, 0.15) is 5.75 Å². The zero-order valence-electron chi connectivity index (χ0n) is 14.0. The molecule has 0 saturated carbocycles. The standard InChI is InChI=1S/C18H26ClNO3/c1-3-22-18(21)15-7-10-20(11-8-15)9-4-12-23-16-5-6-17(19)14(2)13-16/h5-6,13,15H,3-4,7-12H2,1-2H3. The van der Waals surface area contributed by atoms with Crippen LogP contribution in [0.25, 0.3) is 0 Å². The number of benzene rings is 1. The fourth-order valence-corrected chi connectivity index (χ4v) is 2.96. The van der Waals surface area contributed by atoms with Crippen molar-refractivity contribution in [3.63, 3.8) is 0 Å². The molecule has 5 heteroatoms. The van der Waals surface area contributed by atoms with Crippen LogP contribution in [0.1, 0.15) is 31.7 Å². The summed E-state index contributed by atoms with van der Waals surface area (Å²) < 4.78 is 10.9. The third-order valence-corrected chi connectivity index (χ3v) is 4.65. The van der Waals surface area contributed by atoms with Crippen molar-refractivity contribution in [3.05, 3.63) is 28.8 Å².